The van der Waals surface area contributed by atoms with Crippen molar-refractivity contribution in [3.05, 3.63) is 29.5 Å². The highest BCUT2D eigenvalue weighted by Crippen LogP contribution is 1.84. The molecule has 0 atom stereocenters. The number of rotatable bonds is 0. The van der Waals surface area contributed by atoms with E-state index in [2.05, 4.69) is 0 Å². The van der Waals surface area contributed by atoms with Crippen molar-refractivity contribution in [2.45, 2.75) is 0 Å². The minimum absolute atomic E-state index is 0.0825. The lowest BCUT2D eigenvalue weighted by Crippen LogP contribution is -2.14. The maximum Gasteiger partial charge on any atom is 0.221 e. The molecule has 0 saturated carbocycles. The molecule has 1 rings (SSSR count). The predicted octanol–water partition coefficient (Wildman–Crippen LogP) is 0.263. The van der Waals surface area contributed by atoms with Gasteiger partial charge in [-0.1, -0.05) is 12.2 Å². The molecule has 0 aliphatic carbocycles. The SMILES string of the molecule is O=C1C=CC=CC=[N+]([O-])C1. The Morgan fingerprint density at radius 2 is 2.20 bits per heavy atom. The quantitative estimate of drug-likeness (QED) is 0.355. The van der Waals surface area contributed by atoms with Crippen molar-refractivity contribution in [2.75, 3.05) is 6.54 Å². The number of ketones is 1. The molecule has 0 aromatic carbocycles. The molecule has 1 heterocycles. The molecule has 0 saturated heterocycles. The summed E-state index contributed by atoms with van der Waals surface area (Å²) < 4.78 is 0.600. The molecular weight excluding hydrogens is 130 g/mol. The fourth-order valence-electron chi connectivity index (χ4n) is 0.632. The van der Waals surface area contributed by atoms with Gasteiger partial charge in [-0.05, 0) is 6.08 Å². The second-order valence-electron chi connectivity index (χ2n) is 1.93. The largest absolute Gasteiger partial charge is 0.623 e. The lowest BCUT2D eigenvalue weighted by atomic mass is 10.3. The fraction of sp³-hybridized carbons (Fsp3) is 0.143. The van der Waals surface area contributed by atoms with Crippen molar-refractivity contribution in [2.24, 2.45) is 0 Å². The van der Waals surface area contributed by atoms with Crippen molar-refractivity contribution < 1.29 is 9.53 Å². The Balaban J connectivity index is 2.79. The first kappa shape index (κ1) is 6.74. The van der Waals surface area contributed by atoms with Crippen molar-refractivity contribution >= 4 is 12.0 Å². The van der Waals surface area contributed by atoms with E-state index in [4.69, 9.17) is 0 Å². The standard InChI is InChI=1S/C7H7NO2/c9-7-4-2-1-3-5-8(10)6-7/h1-5H,6H2. The van der Waals surface area contributed by atoms with Gasteiger partial charge in [0.1, 0.15) is 0 Å². The Morgan fingerprint density at radius 3 is 3.00 bits per heavy atom. The fourth-order valence-corrected chi connectivity index (χ4v) is 0.632. The average Bonchev–Trinajstić information content (AvgIpc) is 1.83. The van der Waals surface area contributed by atoms with Crippen LogP contribution in [0, 0.1) is 5.21 Å². The molecule has 0 amide bonds. The molecule has 52 valence electrons. The third-order valence-electron chi connectivity index (χ3n) is 1.07. The second kappa shape index (κ2) is 2.96. The Bertz CT molecular complexity index is 226. The minimum atomic E-state index is -0.171. The summed E-state index contributed by atoms with van der Waals surface area (Å²) in [6.07, 6.45) is 7.56. The van der Waals surface area contributed by atoms with Gasteiger partial charge in [0, 0.05) is 6.08 Å². The second-order valence-corrected chi connectivity index (χ2v) is 1.93. The summed E-state index contributed by atoms with van der Waals surface area (Å²) >= 11 is 0. The molecule has 0 aromatic rings. The van der Waals surface area contributed by atoms with Crippen LogP contribution in [0.15, 0.2) is 24.3 Å². The highest BCUT2D eigenvalue weighted by molar-refractivity contribution is 5.91. The van der Waals surface area contributed by atoms with Gasteiger partial charge in [0.25, 0.3) is 0 Å². The third kappa shape index (κ3) is 1.85. The zero-order valence-corrected chi connectivity index (χ0v) is 5.36. The van der Waals surface area contributed by atoms with Crippen LogP contribution in [0.2, 0.25) is 0 Å². The van der Waals surface area contributed by atoms with Gasteiger partial charge in [-0.25, -0.2) is 4.74 Å². The smallest absolute Gasteiger partial charge is 0.221 e. The molecule has 0 N–H and O–H groups in total. The van der Waals surface area contributed by atoms with Crippen LogP contribution in [0.5, 0.6) is 0 Å². The molecule has 0 bridgehead atoms. The van der Waals surface area contributed by atoms with Gasteiger partial charge in [-0.15, -0.1) is 0 Å². The van der Waals surface area contributed by atoms with E-state index >= 15 is 0 Å². The van der Waals surface area contributed by atoms with E-state index in [1.54, 1.807) is 18.2 Å². The van der Waals surface area contributed by atoms with Gasteiger partial charge in [0.2, 0.25) is 12.3 Å². The molecule has 1 aliphatic heterocycles. The van der Waals surface area contributed by atoms with Crippen LogP contribution in [0.3, 0.4) is 0 Å². The summed E-state index contributed by atoms with van der Waals surface area (Å²) in [4.78, 5) is 10.7. The lowest BCUT2D eigenvalue weighted by Gasteiger charge is -1.99. The maximum atomic E-state index is 10.7. The van der Waals surface area contributed by atoms with Crippen molar-refractivity contribution in [3.8, 4) is 0 Å². The van der Waals surface area contributed by atoms with Gasteiger partial charge >= 0.3 is 0 Å². The minimum Gasteiger partial charge on any atom is -0.623 e. The molecule has 0 fully saturated rings. The molecule has 10 heavy (non-hydrogen) atoms. The van der Waals surface area contributed by atoms with Crippen LogP contribution in [0.4, 0.5) is 0 Å². The normalized spacial score (nSPS) is 18.0. The number of nitrogens with zero attached hydrogens (tertiary/aromatic N) is 1. The number of hydrogen-bond acceptors (Lipinski definition) is 2. The summed E-state index contributed by atoms with van der Waals surface area (Å²) in [6.45, 7) is -0.0825. The van der Waals surface area contributed by atoms with E-state index in [1.165, 1.54) is 12.3 Å². The molecule has 0 spiro atoms. The van der Waals surface area contributed by atoms with Crippen LogP contribution in [-0.2, 0) is 4.79 Å². The van der Waals surface area contributed by atoms with E-state index < -0.39 is 0 Å². The topological polar surface area (TPSA) is 43.1 Å². The van der Waals surface area contributed by atoms with Crippen LogP contribution < -0.4 is 0 Å². The zero-order chi connectivity index (χ0) is 7.40. The van der Waals surface area contributed by atoms with E-state index in [1.807, 2.05) is 0 Å². The first-order valence-electron chi connectivity index (χ1n) is 2.94. The number of carbonyl (C=O) groups excluding carboxylic acids is 1. The van der Waals surface area contributed by atoms with E-state index in [9.17, 15) is 10.0 Å². The van der Waals surface area contributed by atoms with Crippen LogP contribution in [0.1, 0.15) is 0 Å². The van der Waals surface area contributed by atoms with Crippen LogP contribution in [-0.4, -0.2) is 23.3 Å². The van der Waals surface area contributed by atoms with Gasteiger partial charge in [0.15, 0.2) is 6.21 Å². The predicted molar refractivity (Wildman–Crippen MR) is 37.8 cm³/mol. The summed E-state index contributed by atoms with van der Waals surface area (Å²) in [7, 11) is 0. The number of hydrogen-bond donors (Lipinski definition) is 0. The van der Waals surface area contributed by atoms with Crippen LogP contribution in [0.25, 0.3) is 0 Å². The Labute approximate surface area is 58.6 Å². The van der Waals surface area contributed by atoms with E-state index in [-0.39, 0.29) is 12.3 Å². The number of carbonyl (C=O) groups is 1. The van der Waals surface area contributed by atoms with Crippen molar-refractivity contribution in [1.29, 1.82) is 0 Å². The molecule has 0 radical (unpaired) electrons. The third-order valence-corrected chi connectivity index (χ3v) is 1.07. The number of allylic oxidation sites excluding steroid dienone is 3. The van der Waals surface area contributed by atoms with E-state index in [0.717, 1.165) is 0 Å². The Kier molecular flexibility index (Phi) is 1.99. The Hall–Kier alpha value is -1.38. The molecule has 3 nitrogen and oxygen atoms in total. The van der Waals surface area contributed by atoms with E-state index in [0.29, 0.717) is 4.74 Å². The Morgan fingerprint density at radius 1 is 1.40 bits per heavy atom. The van der Waals surface area contributed by atoms with Gasteiger partial charge in [-0.2, -0.15) is 0 Å². The lowest BCUT2D eigenvalue weighted by molar-refractivity contribution is -0.438. The molecular formula is C7H7NO2. The highest BCUT2D eigenvalue weighted by Gasteiger charge is 2.01. The molecule has 3 heteroatoms. The van der Waals surface area contributed by atoms with Crippen molar-refractivity contribution in [3.63, 3.8) is 0 Å². The zero-order valence-electron chi connectivity index (χ0n) is 5.36. The molecule has 0 aromatic heterocycles. The van der Waals surface area contributed by atoms with Gasteiger partial charge in [-0.3, -0.25) is 4.79 Å². The highest BCUT2D eigenvalue weighted by atomic mass is 16.5. The average molecular weight is 137 g/mol. The van der Waals surface area contributed by atoms with Crippen LogP contribution >= 0.6 is 0 Å². The van der Waals surface area contributed by atoms with Gasteiger partial charge < -0.3 is 5.21 Å². The first-order chi connectivity index (χ1) is 4.79. The summed E-state index contributed by atoms with van der Waals surface area (Å²) in [5.74, 6) is -0.171. The molecule has 1 aliphatic rings. The number of hydroxylamine groups is 1. The monoisotopic (exact) mass is 137 g/mol. The first-order valence-corrected chi connectivity index (χ1v) is 2.94. The summed E-state index contributed by atoms with van der Waals surface area (Å²) in [6, 6.07) is 0. The van der Waals surface area contributed by atoms with Gasteiger partial charge in [0.05, 0.1) is 0 Å². The summed E-state index contributed by atoms with van der Waals surface area (Å²) in [5, 5.41) is 10.6. The summed E-state index contributed by atoms with van der Waals surface area (Å²) in [5.41, 5.74) is 0. The van der Waals surface area contributed by atoms with Crippen molar-refractivity contribution in [1.82, 2.24) is 0 Å². The molecule has 0 unspecified atom stereocenters. The maximum absolute atomic E-state index is 10.7.